The van der Waals surface area contributed by atoms with Gasteiger partial charge in [0.2, 0.25) is 5.95 Å². The lowest BCUT2D eigenvalue weighted by molar-refractivity contribution is -0.137. The first-order valence-electron chi connectivity index (χ1n) is 5.41. The molecule has 0 aliphatic carbocycles. The summed E-state index contributed by atoms with van der Waals surface area (Å²) in [5.41, 5.74) is 5.44. The summed E-state index contributed by atoms with van der Waals surface area (Å²) in [6, 6.07) is 2.42. The molecule has 0 saturated carbocycles. The summed E-state index contributed by atoms with van der Waals surface area (Å²) in [7, 11) is 0. The van der Waals surface area contributed by atoms with Gasteiger partial charge in [-0.2, -0.15) is 13.2 Å². The molecule has 19 heavy (non-hydrogen) atoms. The monoisotopic (exact) mass is 273 g/mol. The number of hydrogen-bond donors (Lipinski definition) is 1. The summed E-state index contributed by atoms with van der Waals surface area (Å²) in [6.07, 6.45) is -3.08. The standard InChI is InChI=1S/C12H11F4N3/c1-7-5-18-11(17)19(7)6-8-2-9(12(14,15)16)4-10(13)3-8/h2-5H,6H2,1H3,(H2,17,18). The van der Waals surface area contributed by atoms with Gasteiger partial charge in [0, 0.05) is 5.69 Å². The Bertz CT molecular complexity index is 582. The molecule has 2 rings (SSSR count). The Labute approximate surface area is 106 Å². The van der Waals surface area contributed by atoms with E-state index in [2.05, 4.69) is 4.98 Å². The maximum absolute atomic E-state index is 13.2. The van der Waals surface area contributed by atoms with Crippen LogP contribution < -0.4 is 5.73 Å². The minimum atomic E-state index is -4.58. The summed E-state index contributed by atoms with van der Waals surface area (Å²) < 4.78 is 52.5. The molecule has 2 aromatic rings. The van der Waals surface area contributed by atoms with Crippen LogP contribution in [0.4, 0.5) is 23.5 Å². The fraction of sp³-hybridized carbons (Fsp3) is 0.250. The third-order valence-electron chi connectivity index (χ3n) is 2.71. The number of rotatable bonds is 2. The topological polar surface area (TPSA) is 43.8 Å². The van der Waals surface area contributed by atoms with Crippen LogP contribution in [0.15, 0.2) is 24.4 Å². The zero-order chi connectivity index (χ0) is 14.2. The van der Waals surface area contributed by atoms with Crippen molar-refractivity contribution in [2.45, 2.75) is 19.6 Å². The summed E-state index contributed by atoms with van der Waals surface area (Å²) in [4.78, 5) is 3.83. The number of benzene rings is 1. The quantitative estimate of drug-likeness (QED) is 0.855. The minimum absolute atomic E-state index is 0.0402. The number of aryl methyl sites for hydroxylation is 1. The van der Waals surface area contributed by atoms with E-state index in [1.165, 1.54) is 10.8 Å². The molecule has 0 unspecified atom stereocenters. The van der Waals surface area contributed by atoms with Gasteiger partial charge in [-0.15, -0.1) is 0 Å². The highest BCUT2D eigenvalue weighted by atomic mass is 19.4. The Morgan fingerprint density at radius 2 is 1.95 bits per heavy atom. The number of alkyl halides is 3. The molecule has 0 aliphatic rings. The van der Waals surface area contributed by atoms with E-state index < -0.39 is 17.6 Å². The fourth-order valence-corrected chi connectivity index (χ4v) is 1.77. The van der Waals surface area contributed by atoms with Crippen molar-refractivity contribution in [2.24, 2.45) is 0 Å². The Morgan fingerprint density at radius 1 is 1.26 bits per heavy atom. The van der Waals surface area contributed by atoms with Crippen LogP contribution in [0.3, 0.4) is 0 Å². The third-order valence-corrected chi connectivity index (χ3v) is 2.71. The molecule has 2 N–H and O–H groups in total. The number of nitrogens with two attached hydrogens (primary N) is 1. The van der Waals surface area contributed by atoms with Crippen molar-refractivity contribution in [2.75, 3.05) is 5.73 Å². The largest absolute Gasteiger partial charge is 0.416 e. The molecule has 1 heterocycles. The van der Waals surface area contributed by atoms with E-state index in [1.807, 2.05) is 0 Å². The van der Waals surface area contributed by atoms with E-state index >= 15 is 0 Å². The second-order valence-corrected chi connectivity index (χ2v) is 4.19. The van der Waals surface area contributed by atoms with Gasteiger partial charge in [-0.05, 0) is 30.7 Å². The van der Waals surface area contributed by atoms with E-state index in [0.717, 1.165) is 12.1 Å². The first-order chi connectivity index (χ1) is 8.77. The van der Waals surface area contributed by atoms with E-state index in [-0.39, 0.29) is 18.1 Å². The molecule has 0 atom stereocenters. The molecular formula is C12H11F4N3. The van der Waals surface area contributed by atoms with Crippen LogP contribution in [0.25, 0.3) is 0 Å². The Morgan fingerprint density at radius 3 is 2.47 bits per heavy atom. The molecule has 0 bridgehead atoms. The van der Waals surface area contributed by atoms with Crippen molar-refractivity contribution in [3.63, 3.8) is 0 Å². The molecule has 1 aromatic carbocycles. The first-order valence-corrected chi connectivity index (χ1v) is 5.41. The molecular weight excluding hydrogens is 262 g/mol. The molecule has 1 aromatic heterocycles. The minimum Gasteiger partial charge on any atom is -0.369 e. The van der Waals surface area contributed by atoms with Crippen LogP contribution in [-0.4, -0.2) is 9.55 Å². The predicted molar refractivity (Wildman–Crippen MR) is 61.9 cm³/mol. The smallest absolute Gasteiger partial charge is 0.369 e. The van der Waals surface area contributed by atoms with Crippen molar-refractivity contribution in [3.05, 3.63) is 47.0 Å². The van der Waals surface area contributed by atoms with E-state index in [9.17, 15) is 17.6 Å². The number of hydrogen-bond acceptors (Lipinski definition) is 2. The van der Waals surface area contributed by atoms with Gasteiger partial charge in [0.25, 0.3) is 0 Å². The van der Waals surface area contributed by atoms with Crippen molar-refractivity contribution < 1.29 is 17.6 Å². The lowest BCUT2D eigenvalue weighted by atomic mass is 10.1. The highest BCUT2D eigenvalue weighted by molar-refractivity contribution is 5.30. The number of aromatic nitrogens is 2. The molecule has 0 saturated heterocycles. The van der Waals surface area contributed by atoms with E-state index in [4.69, 9.17) is 5.73 Å². The molecule has 0 radical (unpaired) electrons. The maximum Gasteiger partial charge on any atom is 0.416 e. The average molecular weight is 273 g/mol. The van der Waals surface area contributed by atoms with Crippen molar-refractivity contribution >= 4 is 5.95 Å². The third kappa shape index (κ3) is 2.86. The lowest BCUT2D eigenvalue weighted by Gasteiger charge is -2.11. The Kier molecular flexibility index (Phi) is 3.21. The summed E-state index contributed by atoms with van der Waals surface area (Å²) >= 11 is 0. The van der Waals surface area contributed by atoms with Crippen molar-refractivity contribution in [3.8, 4) is 0 Å². The van der Waals surface area contributed by atoms with Crippen LogP contribution in [0.5, 0.6) is 0 Å². The number of anilines is 1. The lowest BCUT2D eigenvalue weighted by Crippen LogP contribution is -2.10. The van der Waals surface area contributed by atoms with Crippen LogP contribution in [0.1, 0.15) is 16.8 Å². The molecule has 7 heteroatoms. The van der Waals surface area contributed by atoms with Gasteiger partial charge in [0.05, 0.1) is 18.3 Å². The number of imidazole rings is 1. The molecule has 0 spiro atoms. The van der Waals surface area contributed by atoms with Crippen molar-refractivity contribution in [1.82, 2.24) is 9.55 Å². The normalized spacial score (nSPS) is 11.8. The van der Waals surface area contributed by atoms with Gasteiger partial charge < -0.3 is 10.3 Å². The first kappa shape index (κ1) is 13.4. The van der Waals surface area contributed by atoms with Crippen LogP contribution in [-0.2, 0) is 12.7 Å². The Hall–Kier alpha value is -2.05. The fourth-order valence-electron chi connectivity index (χ4n) is 1.77. The van der Waals surface area contributed by atoms with Crippen LogP contribution in [0.2, 0.25) is 0 Å². The molecule has 0 aliphatic heterocycles. The summed E-state index contributed by atoms with van der Waals surface area (Å²) in [6.45, 7) is 1.76. The predicted octanol–water partition coefficient (Wildman–Crippen LogP) is 2.98. The second-order valence-electron chi connectivity index (χ2n) is 4.19. The highest BCUT2D eigenvalue weighted by Gasteiger charge is 2.31. The van der Waals surface area contributed by atoms with Gasteiger partial charge in [-0.25, -0.2) is 9.37 Å². The maximum atomic E-state index is 13.2. The highest BCUT2D eigenvalue weighted by Crippen LogP contribution is 2.30. The van der Waals surface area contributed by atoms with Gasteiger partial charge in [0.15, 0.2) is 0 Å². The van der Waals surface area contributed by atoms with Gasteiger partial charge >= 0.3 is 6.18 Å². The van der Waals surface area contributed by atoms with Gasteiger partial charge in [-0.1, -0.05) is 0 Å². The van der Waals surface area contributed by atoms with E-state index in [1.54, 1.807) is 6.92 Å². The molecule has 0 fully saturated rings. The molecule has 3 nitrogen and oxygen atoms in total. The summed E-state index contributed by atoms with van der Waals surface area (Å²) in [5.74, 6) is -0.753. The van der Waals surface area contributed by atoms with Crippen molar-refractivity contribution in [1.29, 1.82) is 0 Å². The number of nitrogen functional groups attached to an aromatic ring is 1. The number of nitrogens with zero attached hydrogens (tertiary/aromatic N) is 2. The van der Waals surface area contributed by atoms with Crippen LogP contribution >= 0.6 is 0 Å². The average Bonchev–Trinajstić information content (AvgIpc) is 2.59. The van der Waals surface area contributed by atoms with Gasteiger partial charge in [0.1, 0.15) is 5.82 Å². The molecule has 102 valence electrons. The number of halogens is 4. The van der Waals surface area contributed by atoms with Crippen LogP contribution in [0, 0.1) is 12.7 Å². The second kappa shape index (κ2) is 4.56. The molecule has 0 amide bonds. The zero-order valence-corrected chi connectivity index (χ0v) is 10.0. The van der Waals surface area contributed by atoms with E-state index in [0.29, 0.717) is 11.8 Å². The summed E-state index contributed by atoms with van der Waals surface area (Å²) in [5, 5.41) is 0. The Balaban J connectivity index is 2.39. The SMILES string of the molecule is Cc1cnc(N)n1Cc1cc(F)cc(C(F)(F)F)c1. The zero-order valence-electron chi connectivity index (χ0n) is 10.0. The van der Waals surface area contributed by atoms with Gasteiger partial charge in [-0.3, -0.25) is 0 Å².